The average Bonchev–Trinajstić information content (AvgIpc) is 2.29. The van der Waals surface area contributed by atoms with E-state index in [4.69, 9.17) is 17.3 Å². The number of nitrogen functional groups attached to an aromatic ring is 1. The molecule has 1 heterocycles. The molecular formula is C10H13ClN2O2S2. The van der Waals surface area contributed by atoms with Crippen LogP contribution in [0.5, 0.6) is 0 Å². The first-order valence-corrected chi connectivity index (χ1v) is 8.12. The van der Waals surface area contributed by atoms with E-state index in [1.54, 1.807) is 17.8 Å². The number of halogens is 1. The fraction of sp³-hybridized carbons (Fsp3) is 0.400. The third-order valence-electron chi connectivity index (χ3n) is 2.54. The topological polar surface area (TPSA) is 63.4 Å². The Morgan fingerprint density at radius 1 is 1.29 bits per heavy atom. The minimum absolute atomic E-state index is 0.139. The molecule has 0 bridgehead atoms. The van der Waals surface area contributed by atoms with E-state index in [0.717, 1.165) is 11.5 Å². The Kier molecular flexibility index (Phi) is 3.87. The lowest BCUT2D eigenvalue weighted by Crippen LogP contribution is -2.37. The van der Waals surface area contributed by atoms with E-state index >= 15 is 0 Å². The van der Waals surface area contributed by atoms with Crippen molar-refractivity contribution in [1.29, 1.82) is 0 Å². The van der Waals surface area contributed by atoms with Crippen molar-refractivity contribution in [3.63, 3.8) is 0 Å². The highest BCUT2D eigenvalue weighted by Gasteiger charge is 2.27. The van der Waals surface area contributed by atoms with Gasteiger partial charge in [0.1, 0.15) is 4.90 Å². The Balaban J connectivity index is 2.37. The van der Waals surface area contributed by atoms with E-state index in [0.29, 0.717) is 18.8 Å². The zero-order valence-corrected chi connectivity index (χ0v) is 11.5. The molecule has 0 aromatic heterocycles. The van der Waals surface area contributed by atoms with Gasteiger partial charge in [0.25, 0.3) is 0 Å². The van der Waals surface area contributed by atoms with Gasteiger partial charge in [0.2, 0.25) is 10.0 Å². The minimum atomic E-state index is -3.48. The zero-order chi connectivity index (χ0) is 12.5. The molecule has 2 rings (SSSR count). The van der Waals surface area contributed by atoms with Crippen molar-refractivity contribution in [1.82, 2.24) is 4.31 Å². The van der Waals surface area contributed by atoms with Crippen molar-refractivity contribution >= 4 is 39.1 Å². The lowest BCUT2D eigenvalue weighted by atomic mass is 10.3. The molecule has 94 valence electrons. The van der Waals surface area contributed by atoms with Crippen molar-refractivity contribution in [3.8, 4) is 0 Å². The number of anilines is 1. The number of thioether (sulfide) groups is 1. The van der Waals surface area contributed by atoms with Gasteiger partial charge in [-0.2, -0.15) is 16.1 Å². The van der Waals surface area contributed by atoms with Gasteiger partial charge in [-0.05, 0) is 18.2 Å². The van der Waals surface area contributed by atoms with E-state index in [-0.39, 0.29) is 9.92 Å². The van der Waals surface area contributed by atoms with Crippen molar-refractivity contribution < 1.29 is 8.42 Å². The van der Waals surface area contributed by atoms with E-state index in [2.05, 4.69) is 0 Å². The van der Waals surface area contributed by atoms with Gasteiger partial charge < -0.3 is 5.73 Å². The summed E-state index contributed by atoms with van der Waals surface area (Å²) in [5, 5.41) is 0.184. The molecule has 2 N–H and O–H groups in total. The maximum atomic E-state index is 12.3. The number of benzene rings is 1. The van der Waals surface area contributed by atoms with Crippen LogP contribution in [-0.4, -0.2) is 37.3 Å². The number of nitrogens with zero attached hydrogens (tertiary/aromatic N) is 1. The van der Waals surface area contributed by atoms with Gasteiger partial charge in [0.05, 0.1) is 5.02 Å². The predicted octanol–water partition coefficient (Wildman–Crippen LogP) is 1.66. The highest BCUT2D eigenvalue weighted by atomic mass is 35.5. The second kappa shape index (κ2) is 5.06. The standard InChI is InChI=1S/C10H13ClN2O2S2/c11-9-7-8(12)1-2-10(9)17(14,15)13-3-5-16-6-4-13/h1-2,7H,3-6,12H2. The highest BCUT2D eigenvalue weighted by molar-refractivity contribution is 7.99. The van der Waals surface area contributed by atoms with Gasteiger partial charge in [-0.3, -0.25) is 0 Å². The lowest BCUT2D eigenvalue weighted by molar-refractivity contribution is 0.443. The van der Waals surface area contributed by atoms with Gasteiger partial charge in [0, 0.05) is 30.3 Å². The molecule has 7 heteroatoms. The van der Waals surface area contributed by atoms with Crippen LogP contribution in [0.15, 0.2) is 23.1 Å². The molecular weight excluding hydrogens is 280 g/mol. The third-order valence-corrected chi connectivity index (χ3v) is 5.87. The summed E-state index contributed by atoms with van der Waals surface area (Å²) in [4.78, 5) is 0.139. The summed E-state index contributed by atoms with van der Waals surface area (Å²) in [7, 11) is -3.48. The van der Waals surface area contributed by atoms with Crippen LogP contribution in [0.4, 0.5) is 5.69 Å². The Hall–Kier alpha value is -0.430. The quantitative estimate of drug-likeness (QED) is 0.842. The van der Waals surface area contributed by atoms with E-state index < -0.39 is 10.0 Å². The normalized spacial score (nSPS) is 18.2. The average molecular weight is 293 g/mol. The summed E-state index contributed by atoms with van der Waals surface area (Å²) >= 11 is 7.70. The first kappa shape index (κ1) is 13.0. The molecule has 17 heavy (non-hydrogen) atoms. The Bertz CT molecular complexity index is 513. The molecule has 0 aliphatic carbocycles. The zero-order valence-electron chi connectivity index (χ0n) is 9.10. The van der Waals surface area contributed by atoms with Gasteiger partial charge in [-0.25, -0.2) is 8.42 Å². The monoisotopic (exact) mass is 292 g/mol. The molecule has 0 spiro atoms. The van der Waals surface area contributed by atoms with Crippen LogP contribution in [0, 0.1) is 0 Å². The van der Waals surface area contributed by atoms with Gasteiger partial charge in [-0.15, -0.1) is 0 Å². The van der Waals surface area contributed by atoms with Crippen molar-refractivity contribution in [2.75, 3.05) is 30.3 Å². The third kappa shape index (κ3) is 2.70. The summed E-state index contributed by atoms with van der Waals surface area (Å²) < 4.78 is 26.1. The van der Waals surface area contributed by atoms with E-state index in [1.807, 2.05) is 0 Å². The Labute approximate surface area is 110 Å². The minimum Gasteiger partial charge on any atom is -0.399 e. The molecule has 0 saturated carbocycles. The SMILES string of the molecule is Nc1ccc(S(=O)(=O)N2CCSCC2)c(Cl)c1. The van der Waals surface area contributed by atoms with Crippen LogP contribution < -0.4 is 5.73 Å². The Morgan fingerprint density at radius 3 is 2.53 bits per heavy atom. The molecule has 1 aromatic carbocycles. The van der Waals surface area contributed by atoms with Crippen molar-refractivity contribution in [2.24, 2.45) is 0 Å². The number of hydrogen-bond donors (Lipinski definition) is 1. The largest absolute Gasteiger partial charge is 0.399 e. The van der Waals surface area contributed by atoms with Crippen molar-refractivity contribution in [3.05, 3.63) is 23.2 Å². The van der Waals surface area contributed by atoms with Crippen LogP contribution in [0.3, 0.4) is 0 Å². The maximum absolute atomic E-state index is 12.3. The van der Waals surface area contributed by atoms with Crippen LogP contribution in [0.2, 0.25) is 5.02 Å². The van der Waals surface area contributed by atoms with Gasteiger partial charge >= 0.3 is 0 Å². The first-order chi connectivity index (χ1) is 8.01. The Morgan fingerprint density at radius 2 is 1.94 bits per heavy atom. The predicted molar refractivity (Wildman–Crippen MR) is 71.9 cm³/mol. The van der Waals surface area contributed by atoms with Crippen LogP contribution in [-0.2, 0) is 10.0 Å². The highest BCUT2D eigenvalue weighted by Crippen LogP contribution is 2.27. The molecule has 0 unspecified atom stereocenters. The number of sulfonamides is 1. The second-order valence-electron chi connectivity index (χ2n) is 3.71. The van der Waals surface area contributed by atoms with Crippen molar-refractivity contribution in [2.45, 2.75) is 4.90 Å². The van der Waals surface area contributed by atoms with Gasteiger partial charge in [0.15, 0.2) is 0 Å². The molecule has 0 amide bonds. The molecule has 4 nitrogen and oxygen atoms in total. The molecule has 1 fully saturated rings. The second-order valence-corrected chi connectivity index (χ2v) is 7.24. The fourth-order valence-corrected chi connectivity index (χ4v) is 4.75. The fourth-order valence-electron chi connectivity index (χ4n) is 1.65. The molecule has 1 aliphatic rings. The van der Waals surface area contributed by atoms with E-state index in [1.165, 1.54) is 16.4 Å². The van der Waals surface area contributed by atoms with Crippen LogP contribution in [0.25, 0.3) is 0 Å². The van der Waals surface area contributed by atoms with E-state index in [9.17, 15) is 8.42 Å². The van der Waals surface area contributed by atoms with Crippen LogP contribution >= 0.6 is 23.4 Å². The van der Waals surface area contributed by atoms with Gasteiger partial charge in [-0.1, -0.05) is 11.6 Å². The smallest absolute Gasteiger partial charge is 0.244 e. The molecule has 0 radical (unpaired) electrons. The summed E-state index contributed by atoms with van der Waals surface area (Å²) in [5.41, 5.74) is 6.01. The summed E-state index contributed by atoms with van der Waals surface area (Å²) in [6.45, 7) is 1.07. The molecule has 0 atom stereocenters. The molecule has 1 aliphatic heterocycles. The summed E-state index contributed by atoms with van der Waals surface area (Å²) in [6, 6.07) is 4.49. The maximum Gasteiger partial charge on any atom is 0.244 e. The summed E-state index contributed by atoms with van der Waals surface area (Å²) in [5.74, 6) is 1.65. The number of hydrogen-bond acceptors (Lipinski definition) is 4. The molecule has 1 aromatic rings. The number of nitrogens with two attached hydrogens (primary N) is 1. The first-order valence-electron chi connectivity index (χ1n) is 5.15. The van der Waals surface area contributed by atoms with Crippen LogP contribution in [0.1, 0.15) is 0 Å². The lowest BCUT2D eigenvalue weighted by Gasteiger charge is -2.26. The number of rotatable bonds is 2. The summed E-state index contributed by atoms with van der Waals surface area (Å²) in [6.07, 6.45) is 0. The molecule has 1 saturated heterocycles.